The zero-order valence-electron chi connectivity index (χ0n) is 48.0. The highest BCUT2D eigenvalue weighted by atomic mass is 16.7. The first kappa shape index (κ1) is 51.9. The van der Waals surface area contributed by atoms with E-state index in [4.69, 9.17) is 18.6 Å². The highest BCUT2D eigenvalue weighted by Gasteiger charge is 2.55. The smallest absolute Gasteiger partial charge is 0.399 e. The van der Waals surface area contributed by atoms with Gasteiger partial charge in [0.05, 0.1) is 22.4 Å². The van der Waals surface area contributed by atoms with Crippen molar-refractivity contribution in [1.82, 2.24) is 0 Å². The van der Waals surface area contributed by atoms with Crippen molar-refractivity contribution in [3.05, 3.63) is 212 Å². The zero-order valence-corrected chi connectivity index (χ0v) is 48.0. The fourth-order valence-electron chi connectivity index (χ4n) is 14.7. The summed E-state index contributed by atoms with van der Waals surface area (Å²) in [6.07, 6.45) is 17.9. The van der Waals surface area contributed by atoms with E-state index < -0.39 is 36.6 Å². The van der Waals surface area contributed by atoms with Crippen LogP contribution in [0.15, 0.2) is 146 Å². The van der Waals surface area contributed by atoms with Crippen LogP contribution in [-0.2, 0) is 68.0 Å². The summed E-state index contributed by atoms with van der Waals surface area (Å²) in [5.74, 6) is 0. The molecular weight excluding hydrogens is 950 g/mol. The SMILES string of the molecule is CC1(C)OB(c2cc(CCCCCCC3(c4ccc5c(c4)CC5)c4ccccc4-c4ccccc43)c(B3OC(C)(C)C(C)(C)O3)cc2CCCCCCC2(c3ccc4c(c3)CC4)c3ccccc3-c3ccccc32)OC1(C)C. The molecule has 0 atom stereocenters. The minimum absolute atomic E-state index is 0.144. The first-order valence-corrected chi connectivity index (χ1v) is 30.1. The molecule has 6 aliphatic rings. The van der Waals surface area contributed by atoms with E-state index in [1.807, 2.05) is 0 Å². The Balaban J connectivity index is 0.751. The van der Waals surface area contributed by atoms with Gasteiger partial charge in [0.1, 0.15) is 0 Å². The second kappa shape index (κ2) is 19.6. The van der Waals surface area contributed by atoms with Gasteiger partial charge in [-0.3, -0.25) is 0 Å². The van der Waals surface area contributed by atoms with Crippen molar-refractivity contribution < 1.29 is 18.6 Å². The number of hydrogen-bond acceptors (Lipinski definition) is 4. The average molecular weight is 1030 g/mol. The van der Waals surface area contributed by atoms with Gasteiger partial charge in [0.15, 0.2) is 0 Å². The van der Waals surface area contributed by atoms with E-state index in [2.05, 4.69) is 201 Å². The van der Waals surface area contributed by atoms with Crippen molar-refractivity contribution in [3.8, 4) is 22.3 Å². The highest BCUT2D eigenvalue weighted by molar-refractivity contribution is 6.65. The summed E-state index contributed by atoms with van der Waals surface area (Å²) in [6.45, 7) is 17.4. The van der Waals surface area contributed by atoms with Crippen LogP contribution in [0.5, 0.6) is 0 Å². The molecular formula is C72H80B2O4. The third-order valence-corrected chi connectivity index (χ3v) is 20.8. The predicted octanol–water partition coefficient (Wildman–Crippen LogP) is 15.5. The molecule has 0 amide bonds. The molecule has 0 aromatic heterocycles. The highest BCUT2D eigenvalue weighted by Crippen LogP contribution is 2.57. The van der Waals surface area contributed by atoms with Gasteiger partial charge in [-0.15, -0.1) is 0 Å². The van der Waals surface area contributed by atoms with Gasteiger partial charge in [0.25, 0.3) is 0 Å². The minimum Gasteiger partial charge on any atom is -0.399 e. The van der Waals surface area contributed by atoms with Crippen LogP contribution in [0.3, 0.4) is 0 Å². The van der Waals surface area contributed by atoms with Gasteiger partial charge in [0.2, 0.25) is 0 Å². The van der Waals surface area contributed by atoms with Crippen molar-refractivity contribution in [1.29, 1.82) is 0 Å². The van der Waals surface area contributed by atoms with E-state index in [1.54, 1.807) is 0 Å². The standard InChI is InChI=1S/C72H80B2O4/c1-67(2)68(3,4)76-73(75-67)65-47-54(26-14-10-12-24-44-72(56-42-40-50-36-38-52(50)46-56)63-33-21-17-29-59(63)60-30-18-22-34-64(60)72)66(74-77-69(5,6)70(7,8)78-74)48-53(65)25-13-9-11-23-43-71(55-41-39-49-35-37-51(49)45-55)61-31-19-15-27-57(61)58-28-16-20-32-62(58)71/h15-22,27-34,39-42,45-48H,9-14,23-26,35-38,43-44H2,1-8H3. The Labute approximate surface area is 467 Å². The van der Waals surface area contributed by atoms with E-state index in [9.17, 15) is 0 Å². The Morgan fingerprint density at radius 3 is 0.949 bits per heavy atom. The summed E-state index contributed by atoms with van der Waals surface area (Å²) in [7, 11) is -0.908. The van der Waals surface area contributed by atoms with E-state index in [0.29, 0.717) is 0 Å². The van der Waals surface area contributed by atoms with E-state index >= 15 is 0 Å². The molecule has 2 fully saturated rings. The molecule has 0 bridgehead atoms. The number of rotatable bonds is 18. The van der Waals surface area contributed by atoms with Crippen LogP contribution < -0.4 is 10.9 Å². The Hall–Kier alpha value is -5.49. The molecule has 78 heavy (non-hydrogen) atoms. The van der Waals surface area contributed by atoms with Gasteiger partial charge in [0, 0.05) is 10.8 Å². The van der Waals surface area contributed by atoms with Crippen molar-refractivity contribution in [3.63, 3.8) is 0 Å². The molecule has 2 saturated heterocycles. The number of aryl methyl sites for hydroxylation is 6. The maximum Gasteiger partial charge on any atom is 0.495 e. The summed E-state index contributed by atoms with van der Waals surface area (Å²) in [6, 6.07) is 56.6. The van der Waals surface area contributed by atoms with Crippen LogP contribution in [0, 0.1) is 0 Å². The molecule has 0 saturated carbocycles. The third kappa shape index (κ3) is 8.47. The molecule has 7 aromatic carbocycles. The lowest BCUT2D eigenvalue weighted by Crippen LogP contribution is -2.43. The first-order valence-electron chi connectivity index (χ1n) is 30.1. The first-order chi connectivity index (χ1) is 37.6. The van der Waals surface area contributed by atoms with E-state index in [1.165, 1.54) is 138 Å². The van der Waals surface area contributed by atoms with Crippen molar-refractivity contribution in [2.45, 2.75) is 191 Å². The quantitative estimate of drug-likeness (QED) is 0.0634. The second-order valence-corrected chi connectivity index (χ2v) is 26.2. The number of fused-ring (bicyclic) bond motifs is 8. The Bertz CT molecular complexity index is 3090. The lowest BCUT2D eigenvalue weighted by atomic mass is 9.67. The summed E-state index contributed by atoms with van der Waals surface area (Å²) in [4.78, 5) is 0. The molecule has 2 aliphatic heterocycles. The van der Waals surface area contributed by atoms with Gasteiger partial charge in [-0.2, -0.15) is 0 Å². The predicted molar refractivity (Wildman–Crippen MR) is 323 cm³/mol. The summed E-state index contributed by atoms with van der Waals surface area (Å²) in [5.41, 5.74) is 23.3. The van der Waals surface area contributed by atoms with Gasteiger partial charge in [-0.25, -0.2) is 0 Å². The van der Waals surface area contributed by atoms with Crippen LogP contribution in [0.2, 0.25) is 0 Å². The minimum atomic E-state index is -0.454. The van der Waals surface area contributed by atoms with Crippen molar-refractivity contribution >= 4 is 25.2 Å². The molecule has 2 heterocycles. The van der Waals surface area contributed by atoms with Crippen LogP contribution >= 0.6 is 0 Å². The maximum absolute atomic E-state index is 6.94. The van der Waals surface area contributed by atoms with Gasteiger partial charge >= 0.3 is 14.2 Å². The van der Waals surface area contributed by atoms with E-state index in [0.717, 1.165) is 64.2 Å². The molecule has 7 aromatic rings. The molecule has 13 rings (SSSR count). The van der Waals surface area contributed by atoms with Gasteiger partial charge in [-0.1, -0.05) is 184 Å². The average Bonchev–Trinajstić information content (AvgIpc) is 4.18. The molecule has 6 heteroatoms. The zero-order chi connectivity index (χ0) is 53.7. The molecule has 0 N–H and O–H groups in total. The van der Waals surface area contributed by atoms with Crippen LogP contribution in [0.4, 0.5) is 0 Å². The Morgan fingerprint density at radius 1 is 0.333 bits per heavy atom. The van der Waals surface area contributed by atoms with Crippen LogP contribution in [0.1, 0.15) is 186 Å². The lowest BCUT2D eigenvalue weighted by Gasteiger charge is -2.35. The summed E-state index contributed by atoms with van der Waals surface area (Å²) in [5, 5.41) is 0. The van der Waals surface area contributed by atoms with Crippen LogP contribution in [-0.4, -0.2) is 36.6 Å². The largest absolute Gasteiger partial charge is 0.495 e. The third-order valence-electron chi connectivity index (χ3n) is 20.8. The van der Waals surface area contributed by atoms with Gasteiger partial charge < -0.3 is 18.6 Å². The van der Waals surface area contributed by atoms with Gasteiger partial charge in [-0.05, 0) is 220 Å². The maximum atomic E-state index is 6.94. The van der Waals surface area contributed by atoms with Crippen molar-refractivity contribution in [2.75, 3.05) is 0 Å². The number of hydrogen-bond donors (Lipinski definition) is 0. The molecule has 0 unspecified atom stereocenters. The second-order valence-electron chi connectivity index (χ2n) is 26.2. The molecule has 4 nitrogen and oxygen atoms in total. The summed E-state index contributed by atoms with van der Waals surface area (Å²) >= 11 is 0. The van der Waals surface area contributed by atoms with E-state index in [-0.39, 0.29) is 10.8 Å². The summed E-state index contributed by atoms with van der Waals surface area (Å²) < 4.78 is 27.8. The molecule has 398 valence electrons. The monoisotopic (exact) mass is 1030 g/mol. The fraction of sp³-hybridized carbons (Fsp3) is 0.417. The normalized spacial score (nSPS) is 19.5. The van der Waals surface area contributed by atoms with Crippen LogP contribution in [0.25, 0.3) is 22.3 Å². The fourth-order valence-corrected chi connectivity index (χ4v) is 14.7. The Morgan fingerprint density at radius 2 is 0.641 bits per heavy atom. The number of benzene rings is 7. The molecule has 0 spiro atoms. The topological polar surface area (TPSA) is 36.9 Å². The molecule has 0 radical (unpaired) electrons. The van der Waals surface area contributed by atoms with Crippen molar-refractivity contribution in [2.24, 2.45) is 0 Å². The molecule has 4 aliphatic carbocycles. The Kier molecular flexibility index (Phi) is 13.1. The number of unbranched alkanes of at least 4 members (excludes halogenated alkanes) is 6. The lowest BCUT2D eigenvalue weighted by molar-refractivity contribution is 0.00578.